The molecule has 1 saturated heterocycles. The van der Waals surface area contributed by atoms with Crippen LogP contribution in [0.4, 0.5) is 0 Å². The fourth-order valence-corrected chi connectivity index (χ4v) is 1.73. The predicted molar refractivity (Wildman–Crippen MR) is 43.9 cm³/mol. The third-order valence-electron chi connectivity index (χ3n) is 2.49. The van der Waals surface area contributed by atoms with Crippen LogP contribution in [0.3, 0.4) is 0 Å². The van der Waals surface area contributed by atoms with Gasteiger partial charge in [-0.25, -0.2) is 0 Å². The molecular weight excluding hydrogens is 124 g/mol. The molecule has 60 valence electrons. The summed E-state index contributed by atoms with van der Waals surface area (Å²) in [7, 11) is 0. The summed E-state index contributed by atoms with van der Waals surface area (Å²) in [6.07, 6.45) is 3.88. The molecule has 0 aromatic rings. The number of hydrogen-bond donors (Lipinski definition) is 2. The third-order valence-corrected chi connectivity index (χ3v) is 2.49. The van der Waals surface area contributed by atoms with Crippen molar-refractivity contribution < 1.29 is 0 Å². The molecule has 0 aliphatic carbocycles. The van der Waals surface area contributed by atoms with Crippen molar-refractivity contribution >= 4 is 0 Å². The van der Waals surface area contributed by atoms with Gasteiger partial charge < -0.3 is 11.1 Å². The highest BCUT2D eigenvalue weighted by Crippen LogP contribution is 2.16. The lowest BCUT2D eigenvalue weighted by molar-refractivity contribution is 0.386. The topological polar surface area (TPSA) is 38.0 Å². The average molecular weight is 142 g/mol. The summed E-state index contributed by atoms with van der Waals surface area (Å²) >= 11 is 0. The van der Waals surface area contributed by atoms with E-state index in [0.29, 0.717) is 5.92 Å². The fourth-order valence-electron chi connectivity index (χ4n) is 1.73. The molecule has 0 saturated carbocycles. The standard InChI is InChI=1S/C8H18N2/c1-2-7(6-9)8-4-3-5-10-8/h7-8,10H,2-6,9H2,1H3/t7?,8-/m1/s1. The van der Waals surface area contributed by atoms with E-state index >= 15 is 0 Å². The van der Waals surface area contributed by atoms with E-state index in [1.807, 2.05) is 0 Å². The van der Waals surface area contributed by atoms with Crippen molar-refractivity contribution in [2.24, 2.45) is 11.7 Å². The average Bonchev–Trinajstić information content (AvgIpc) is 2.43. The van der Waals surface area contributed by atoms with E-state index < -0.39 is 0 Å². The van der Waals surface area contributed by atoms with E-state index in [4.69, 9.17) is 5.73 Å². The Hall–Kier alpha value is -0.0800. The molecule has 0 aromatic carbocycles. The molecule has 10 heavy (non-hydrogen) atoms. The minimum atomic E-state index is 0.711. The highest BCUT2D eigenvalue weighted by atomic mass is 14.9. The van der Waals surface area contributed by atoms with Crippen molar-refractivity contribution in [1.82, 2.24) is 5.32 Å². The molecule has 2 nitrogen and oxygen atoms in total. The van der Waals surface area contributed by atoms with Gasteiger partial charge in [0, 0.05) is 6.04 Å². The number of rotatable bonds is 3. The van der Waals surface area contributed by atoms with Crippen LogP contribution in [-0.4, -0.2) is 19.1 Å². The van der Waals surface area contributed by atoms with Gasteiger partial charge in [0.25, 0.3) is 0 Å². The second kappa shape index (κ2) is 3.94. The predicted octanol–water partition coefficient (Wildman–Crippen LogP) is 0.723. The Balaban J connectivity index is 2.29. The molecular formula is C8H18N2. The maximum absolute atomic E-state index is 5.62. The summed E-state index contributed by atoms with van der Waals surface area (Å²) in [4.78, 5) is 0. The Morgan fingerprint density at radius 1 is 1.70 bits per heavy atom. The van der Waals surface area contributed by atoms with Crippen LogP contribution in [0.2, 0.25) is 0 Å². The van der Waals surface area contributed by atoms with Gasteiger partial charge >= 0.3 is 0 Å². The first-order chi connectivity index (χ1) is 4.88. The van der Waals surface area contributed by atoms with Crippen LogP contribution in [0.1, 0.15) is 26.2 Å². The van der Waals surface area contributed by atoms with E-state index in [1.165, 1.54) is 25.8 Å². The zero-order valence-corrected chi connectivity index (χ0v) is 6.77. The highest BCUT2D eigenvalue weighted by molar-refractivity contribution is 4.81. The van der Waals surface area contributed by atoms with E-state index in [1.54, 1.807) is 0 Å². The molecule has 1 rings (SSSR count). The van der Waals surface area contributed by atoms with Gasteiger partial charge in [0.2, 0.25) is 0 Å². The Kier molecular flexibility index (Phi) is 3.16. The molecule has 0 radical (unpaired) electrons. The summed E-state index contributed by atoms with van der Waals surface area (Å²) in [5.41, 5.74) is 5.62. The first kappa shape index (κ1) is 8.02. The summed E-state index contributed by atoms with van der Waals surface area (Å²) in [6.45, 7) is 4.26. The molecule has 3 N–H and O–H groups in total. The van der Waals surface area contributed by atoms with Gasteiger partial charge in [-0.15, -0.1) is 0 Å². The summed E-state index contributed by atoms with van der Waals surface area (Å²) in [5.74, 6) is 0.711. The van der Waals surface area contributed by atoms with Crippen LogP contribution in [0.5, 0.6) is 0 Å². The highest BCUT2D eigenvalue weighted by Gasteiger charge is 2.21. The second-order valence-corrected chi connectivity index (χ2v) is 3.11. The molecule has 1 unspecified atom stereocenters. The van der Waals surface area contributed by atoms with Crippen LogP contribution >= 0.6 is 0 Å². The number of hydrogen-bond acceptors (Lipinski definition) is 2. The van der Waals surface area contributed by atoms with Crippen LogP contribution in [0.25, 0.3) is 0 Å². The van der Waals surface area contributed by atoms with E-state index in [0.717, 1.165) is 12.6 Å². The maximum Gasteiger partial charge on any atom is 0.0108 e. The van der Waals surface area contributed by atoms with Crippen LogP contribution in [0.15, 0.2) is 0 Å². The van der Waals surface area contributed by atoms with Crippen LogP contribution in [-0.2, 0) is 0 Å². The van der Waals surface area contributed by atoms with Gasteiger partial charge in [-0.2, -0.15) is 0 Å². The molecule has 0 bridgehead atoms. The lowest BCUT2D eigenvalue weighted by atomic mass is 9.96. The Labute approximate surface area is 63.2 Å². The van der Waals surface area contributed by atoms with E-state index in [-0.39, 0.29) is 0 Å². The molecule has 0 aromatic heterocycles. The monoisotopic (exact) mass is 142 g/mol. The Morgan fingerprint density at radius 3 is 2.90 bits per heavy atom. The number of nitrogens with one attached hydrogen (secondary N) is 1. The van der Waals surface area contributed by atoms with E-state index in [2.05, 4.69) is 12.2 Å². The number of nitrogens with two attached hydrogens (primary N) is 1. The molecule has 1 aliphatic rings. The fraction of sp³-hybridized carbons (Fsp3) is 1.00. The minimum absolute atomic E-state index is 0.711. The molecule has 0 amide bonds. The summed E-state index contributed by atoms with van der Waals surface area (Å²) < 4.78 is 0. The summed E-state index contributed by atoms with van der Waals surface area (Å²) in [6, 6.07) is 0.718. The van der Waals surface area contributed by atoms with Gasteiger partial charge in [0.1, 0.15) is 0 Å². The normalized spacial score (nSPS) is 28.8. The van der Waals surface area contributed by atoms with Crippen molar-refractivity contribution in [1.29, 1.82) is 0 Å². The SMILES string of the molecule is CCC(CN)[C@H]1CCCN1. The second-order valence-electron chi connectivity index (χ2n) is 3.11. The minimum Gasteiger partial charge on any atom is -0.330 e. The van der Waals surface area contributed by atoms with Crippen molar-refractivity contribution in [3.8, 4) is 0 Å². The van der Waals surface area contributed by atoms with Crippen molar-refractivity contribution in [3.05, 3.63) is 0 Å². The molecule has 1 heterocycles. The first-order valence-electron chi connectivity index (χ1n) is 4.32. The van der Waals surface area contributed by atoms with Crippen molar-refractivity contribution in [2.45, 2.75) is 32.2 Å². The smallest absolute Gasteiger partial charge is 0.0108 e. The van der Waals surface area contributed by atoms with Crippen molar-refractivity contribution in [2.75, 3.05) is 13.1 Å². The van der Waals surface area contributed by atoms with Gasteiger partial charge in [0.15, 0.2) is 0 Å². The first-order valence-corrected chi connectivity index (χ1v) is 4.32. The van der Waals surface area contributed by atoms with Gasteiger partial charge in [-0.1, -0.05) is 13.3 Å². The van der Waals surface area contributed by atoms with Gasteiger partial charge in [0.05, 0.1) is 0 Å². The quantitative estimate of drug-likeness (QED) is 0.609. The van der Waals surface area contributed by atoms with Gasteiger partial charge in [-0.3, -0.25) is 0 Å². The lowest BCUT2D eigenvalue weighted by Crippen LogP contribution is -2.34. The van der Waals surface area contributed by atoms with Crippen LogP contribution < -0.4 is 11.1 Å². The molecule has 2 heteroatoms. The molecule has 1 aliphatic heterocycles. The zero-order chi connectivity index (χ0) is 7.40. The van der Waals surface area contributed by atoms with Gasteiger partial charge in [-0.05, 0) is 31.8 Å². The van der Waals surface area contributed by atoms with Crippen molar-refractivity contribution in [3.63, 3.8) is 0 Å². The maximum atomic E-state index is 5.62. The zero-order valence-electron chi connectivity index (χ0n) is 6.77. The largest absolute Gasteiger partial charge is 0.330 e. The molecule has 1 fully saturated rings. The lowest BCUT2D eigenvalue weighted by Gasteiger charge is -2.19. The summed E-state index contributed by atoms with van der Waals surface area (Å²) in [5, 5.41) is 3.48. The Bertz CT molecular complexity index is 83.3. The molecule has 0 spiro atoms. The third kappa shape index (κ3) is 1.70. The van der Waals surface area contributed by atoms with Crippen LogP contribution in [0, 0.1) is 5.92 Å². The Morgan fingerprint density at radius 2 is 2.50 bits per heavy atom. The molecule has 2 atom stereocenters. The van der Waals surface area contributed by atoms with E-state index in [9.17, 15) is 0 Å².